The fourth-order valence-corrected chi connectivity index (χ4v) is 6.56. The number of carboxylic acid groups (broad SMARTS) is 1. The Bertz CT molecular complexity index is 1530. The van der Waals surface area contributed by atoms with E-state index in [1.165, 1.54) is 27.9 Å². The molecule has 194 valence electrons. The number of ether oxygens (including phenoxy) is 1. The van der Waals surface area contributed by atoms with Crippen LogP contribution >= 0.6 is 11.3 Å². The van der Waals surface area contributed by atoms with Crippen molar-refractivity contribution in [3.8, 4) is 17.3 Å². The Morgan fingerprint density at radius 1 is 1.22 bits per heavy atom. The number of aromatic nitrogens is 3. The number of piperidine rings is 1. The van der Waals surface area contributed by atoms with Gasteiger partial charge in [0.05, 0.1) is 18.3 Å². The average Bonchev–Trinajstić information content (AvgIpc) is 3.42. The summed E-state index contributed by atoms with van der Waals surface area (Å²) in [6, 6.07) is 7.80. The van der Waals surface area contributed by atoms with E-state index >= 15 is 0 Å². The number of carbonyl (C=O) groups is 2. The summed E-state index contributed by atoms with van der Waals surface area (Å²) in [6.45, 7) is 4.08. The first kappa shape index (κ1) is 23.8. The largest absolute Gasteiger partial charge is 0.494 e. The van der Waals surface area contributed by atoms with E-state index in [9.17, 15) is 9.59 Å². The normalized spacial score (nSPS) is 18.0. The molecule has 2 aliphatic rings. The zero-order valence-electron chi connectivity index (χ0n) is 21.3. The zero-order chi connectivity index (χ0) is 25.8. The van der Waals surface area contributed by atoms with E-state index in [1.807, 2.05) is 24.5 Å². The van der Waals surface area contributed by atoms with Crippen LogP contribution in [-0.4, -0.2) is 62.4 Å². The molecule has 4 heterocycles. The summed E-state index contributed by atoms with van der Waals surface area (Å²) in [4.78, 5) is 33.9. The van der Waals surface area contributed by atoms with Crippen LogP contribution in [0.5, 0.6) is 5.75 Å². The highest BCUT2D eigenvalue weighted by Crippen LogP contribution is 2.40. The van der Waals surface area contributed by atoms with Crippen molar-refractivity contribution in [2.24, 2.45) is 13.0 Å². The third-order valence-corrected chi connectivity index (χ3v) is 8.58. The molecule has 1 aliphatic carbocycles. The van der Waals surface area contributed by atoms with Gasteiger partial charge in [0.15, 0.2) is 5.82 Å². The number of rotatable bonds is 6. The monoisotopic (exact) mass is 521 g/mol. The summed E-state index contributed by atoms with van der Waals surface area (Å²) < 4.78 is 10.2. The number of carbonyl (C=O) groups excluding carboxylic acids is 1. The molecule has 4 aromatic rings. The minimum absolute atomic E-state index is 0.141. The maximum Gasteiger partial charge on any atom is 0.404 e. The van der Waals surface area contributed by atoms with E-state index in [0.717, 1.165) is 36.4 Å². The first-order valence-corrected chi connectivity index (χ1v) is 13.6. The van der Waals surface area contributed by atoms with Gasteiger partial charge in [-0.1, -0.05) is 0 Å². The molecule has 0 spiro atoms. The molecule has 9 nitrogen and oxygen atoms in total. The number of hydrogen-bond donors (Lipinski definition) is 2. The zero-order valence-corrected chi connectivity index (χ0v) is 22.1. The van der Waals surface area contributed by atoms with Crippen LogP contribution < -0.4 is 10.1 Å². The smallest absolute Gasteiger partial charge is 0.404 e. The van der Waals surface area contributed by atoms with Gasteiger partial charge in [0, 0.05) is 48.6 Å². The lowest BCUT2D eigenvalue weighted by Crippen LogP contribution is -2.49. The van der Waals surface area contributed by atoms with Crippen molar-refractivity contribution in [3.63, 3.8) is 0 Å². The Kier molecular flexibility index (Phi) is 5.86. The van der Waals surface area contributed by atoms with Gasteiger partial charge in [0.25, 0.3) is 5.91 Å². The number of imidazole rings is 1. The molecule has 2 fully saturated rings. The number of methoxy groups -OCH3 is 1. The maximum absolute atomic E-state index is 13.5. The first-order valence-electron chi connectivity index (χ1n) is 12.8. The van der Waals surface area contributed by atoms with Crippen LogP contribution in [0, 0.1) is 12.8 Å². The summed E-state index contributed by atoms with van der Waals surface area (Å²) in [7, 11) is 3.60. The van der Waals surface area contributed by atoms with Crippen molar-refractivity contribution in [3.05, 3.63) is 34.7 Å². The Hall–Kier alpha value is -3.53. The number of fused-ring (bicyclic) bond motifs is 2. The van der Waals surface area contributed by atoms with Gasteiger partial charge in [0.2, 0.25) is 0 Å². The Labute approximate surface area is 218 Å². The second-order valence-electron chi connectivity index (χ2n) is 10.3. The van der Waals surface area contributed by atoms with E-state index in [2.05, 4.69) is 33.5 Å². The maximum atomic E-state index is 13.5. The van der Waals surface area contributed by atoms with Crippen LogP contribution in [0.3, 0.4) is 0 Å². The fraction of sp³-hybridized carbons (Fsp3) is 0.444. The first-order chi connectivity index (χ1) is 17.8. The molecule has 2 N–H and O–H groups in total. The molecule has 1 aliphatic heterocycles. The predicted molar refractivity (Wildman–Crippen MR) is 144 cm³/mol. The fourth-order valence-electron chi connectivity index (χ4n) is 5.55. The van der Waals surface area contributed by atoms with Crippen LogP contribution in [-0.2, 0) is 13.6 Å². The number of thiophene rings is 1. The summed E-state index contributed by atoms with van der Waals surface area (Å²) in [5.74, 6) is 2.02. The summed E-state index contributed by atoms with van der Waals surface area (Å²) in [5, 5.41) is 12.8. The van der Waals surface area contributed by atoms with Crippen molar-refractivity contribution >= 4 is 44.6 Å². The number of nitrogens with one attached hydrogen (secondary N) is 1. The SMILES string of the molecule is COc1cc(C(=O)N2CCC[C@@H](NC(=O)O)C2)cc2nc(-c3cc4cc(C)sc4n3CC3CC3)n(C)c12. The Morgan fingerprint density at radius 3 is 2.76 bits per heavy atom. The van der Waals surface area contributed by atoms with E-state index in [1.54, 1.807) is 18.1 Å². The average molecular weight is 522 g/mol. The molecule has 0 radical (unpaired) electrons. The number of benzene rings is 1. The molecule has 2 amide bonds. The van der Waals surface area contributed by atoms with E-state index in [0.29, 0.717) is 35.8 Å². The number of amides is 2. The van der Waals surface area contributed by atoms with Gasteiger partial charge in [-0.2, -0.15) is 0 Å². The van der Waals surface area contributed by atoms with Crippen LogP contribution in [0.2, 0.25) is 0 Å². The van der Waals surface area contributed by atoms with Gasteiger partial charge in [-0.15, -0.1) is 11.3 Å². The van der Waals surface area contributed by atoms with Crippen LogP contribution in [0.4, 0.5) is 4.79 Å². The third kappa shape index (κ3) is 4.33. The molecule has 1 saturated carbocycles. The van der Waals surface area contributed by atoms with Crippen molar-refractivity contribution < 1.29 is 19.4 Å². The third-order valence-electron chi connectivity index (χ3n) is 7.50. The standard InChI is InChI=1S/C27H31N5O4S/c1-15-9-18-11-21(32(26(18)37-15)13-16-6-7-16)24-29-20-10-17(12-22(36-3)23(20)30(24)2)25(33)31-8-4-5-19(14-31)28-27(34)35/h9-12,16,19,28H,4-8,13-14H2,1-3H3,(H,34,35)/t19-/m1/s1. The molecule has 0 unspecified atom stereocenters. The number of likely N-dealkylation sites (tertiary alicyclic amines) is 1. The van der Waals surface area contributed by atoms with Crippen molar-refractivity contribution in [1.82, 2.24) is 24.3 Å². The minimum Gasteiger partial charge on any atom is -0.494 e. The molecule has 3 aromatic heterocycles. The van der Waals surface area contributed by atoms with Crippen LogP contribution in [0.1, 0.15) is 40.9 Å². The second kappa shape index (κ2) is 9.09. The van der Waals surface area contributed by atoms with Crippen LogP contribution in [0.15, 0.2) is 24.3 Å². The topological polar surface area (TPSA) is 102 Å². The van der Waals surface area contributed by atoms with Gasteiger partial charge in [-0.25, -0.2) is 9.78 Å². The predicted octanol–water partition coefficient (Wildman–Crippen LogP) is 4.86. The molecule has 6 rings (SSSR count). The molecule has 10 heteroatoms. The van der Waals surface area contributed by atoms with Gasteiger partial charge < -0.3 is 29.2 Å². The van der Waals surface area contributed by atoms with Gasteiger partial charge >= 0.3 is 6.09 Å². The molecule has 1 saturated heterocycles. The molecule has 1 atom stereocenters. The van der Waals surface area contributed by atoms with Crippen molar-refractivity contribution in [1.29, 1.82) is 0 Å². The lowest BCUT2D eigenvalue weighted by molar-refractivity contribution is 0.0692. The van der Waals surface area contributed by atoms with Gasteiger partial charge in [0.1, 0.15) is 16.1 Å². The quantitative estimate of drug-likeness (QED) is 0.378. The summed E-state index contributed by atoms with van der Waals surface area (Å²) in [6.07, 6.45) is 2.94. The lowest BCUT2D eigenvalue weighted by atomic mass is 10.0. The van der Waals surface area contributed by atoms with E-state index in [4.69, 9.17) is 14.8 Å². The Morgan fingerprint density at radius 2 is 2.03 bits per heavy atom. The van der Waals surface area contributed by atoms with E-state index in [-0.39, 0.29) is 11.9 Å². The number of hydrogen-bond acceptors (Lipinski definition) is 5. The van der Waals surface area contributed by atoms with Crippen molar-refractivity contribution in [2.45, 2.75) is 45.2 Å². The van der Waals surface area contributed by atoms with Crippen LogP contribution in [0.25, 0.3) is 32.8 Å². The molecule has 37 heavy (non-hydrogen) atoms. The van der Waals surface area contributed by atoms with Gasteiger partial charge in [-0.3, -0.25) is 4.79 Å². The minimum atomic E-state index is -1.06. The highest BCUT2D eigenvalue weighted by Gasteiger charge is 2.29. The van der Waals surface area contributed by atoms with E-state index < -0.39 is 6.09 Å². The molecule has 1 aromatic carbocycles. The lowest BCUT2D eigenvalue weighted by Gasteiger charge is -2.32. The highest BCUT2D eigenvalue weighted by atomic mass is 32.1. The molecular formula is C27H31N5O4S. The second-order valence-corrected chi connectivity index (χ2v) is 11.5. The summed E-state index contributed by atoms with van der Waals surface area (Å²) in [5.41, 5.74) is 3.13. The summed E-state index contributed by atoms with van der Waals surface area (Å²) >= 11 is 1.82. The Balaban J connectivity index is 1.40. The molecular weight excluding hydrogens is 490 g/mol. The van der Waals surface area contributed by atoms with Crippen molar-refractivity contribution in [2.75, 3.05) is 20.2 Å². The molecule has 0 bridgehead atoms. The number of aryl methyl sites for hydroxylation is 2. The highest BCUT2D eigenvalue weighted by molar-refractivity contribution is 7.18. The van der Waals surface area contributed by atoms with Gasteiger partial charge in [-0.05, 0) is 62.8 Å². The number of nitrogens with zero attached hydrogens (tertiary/aromatic N) is 4.